The molecule has 16 heteroatoms. The first-order valence-electron chi connectivity index (χ1n) is 22.1. The Morgan fingerprint density at radius 3 is 2.40 bits per heavy atom. The molecule has 4 N–H and O–H groups in total. The van der Waals surface area contributed by atoms with E-state index in [2.05, 4.69) is 57.0 Å². The minimum atomic E-state index is -0.948. The number of benzene rings is 4. The summed E-state index contributed by atoms with van der Waals surface area (Å²) < 4.78 is 21.7. The highest BCUT2D eigenvalue weighted by Crippen LogP contribution is 2.44. The zero-order valence-corrected chi connectivity index (χ0v) is 37.3. The Morgan fingerprint density at radius 1 is 0.862 bits per heavy atom. The fourth-order valence-corrected chi connectivity index (χ4v) is 9.83. The lowest BCUT2D eigenvalue weighted by molar-refractivity contribution is -0.137. The number of amides is 4. The molecule has 4 aromatic carbocycles. The van der Waals surface area contributed by atoms with Crippen LogP contribution in [0.3, 0.4) is 0 Å². The molecular weight excluding hydrogens is 829 g/mol. The maximum absolute atomic E-state index is 14.3. The summed E-state index contributed by atoms with van der Waals surface area (Å²) in [6.07, 6.45) is 2.64. The average Bonchev–Trinajstić information content (AvgIpc) is 4.15. The standard InChI is InChI=1S/C49H54N8O8/c1-26(2)41(54-48(60)63-5)47(59)57-27(3)12-17-38(57)45-51-36-16-14-30-20-35-33-15-13-31(19-32(33)25-65-40(35)21-34(30)43(36)53-45)37-22-50-44(52-37)39-18-28(24-62-4)23-56(39)46(58)42(55-49(61)64-6)29-10-8-7-9-11-29/h7-11,13-16,19-22,26-28,38-39,41-42H,12,17-18,23-25H2,1-6H3,(H,50,52)(H,51,53)(H,54,60)(H,55,61)/t27-,28?,38-,39?,41?,42+/m0/s1. The summed E-state index contributed by atoms with van der Waals surface area (Å²) in [4.78, 5) is 73.5. The molecule has 2 aromatic heterocycles. The summed E-state index contributed by atoms with van der Waals surface area (Å²) in [6.45, 7) is 7.12. The van der Waals surface area contributed by atoms with E-state index in [4.69, 9.17) is 28.9 Å². The largest absolute Gasteiger partial charge is 0.488 e. The van der Waals surface area contributed by atoms with Gasteiger partial charge in [0.15, 0.2) is 0 Å². The molecule has 16 nitrogen and oxygen atoms in total. The smallest absolute Gasteiger partial charge is 0.407 e. The molecule has 2 saturated heterocycles. The van der Waals surface area contributed by atoms with Gasteiger partial charge in [-0.3, -0.25) is 9.59 Å². The minimum Gasteiger partial charge on any atom is -0.488 e. The number of likely N-dealkylation sites (tertiary alicyclic amines) is 2. The highest BCUT2D eigenvalue weighted by Gasteiger charge is 2.43. The summed E-state index contributed by atoms with van der Waals surface area (Å²) in [5.41, 5.74) is 7.10. The summed E-state index contributed by atoms with van der Waals surface area (Å²) in [5.74, 6) is 1.62. The summed E-state index contributed by atoms with van der Waals surface area (Å²) >= 11 is 0. The molecule has 0 aliphatic carbocycles. The van der Waals surface area contributed by atoms with Crippen LogP contribution in [0.5, 0.6) is 5.75 Å². The molecule has 6 atom stereocenters. The quantitative estimate of drug-likeness (QED) is 0.100. The number of aromatic amines is 2. The number of hydrogen-bond acceptors (Lipinski definition) is 10. The van der Waals surface area contributed by atoms with E-state index in [1.54, 1.807) is 18.2 Å². The molecule has 3 aliphatic rings. The molecule has 338 valence electrons. The van der Waals surface area contributed by atoms with Gasteiger partial charge in [-0.2, -0.15) is 0 Å². The Labute approximate surface area is 376 Å². The lowest BCUT2D eigenvalue weighted by Crippen LogP contribution is -2.52. The molecule has 3 unspecified atom stereocenters. The van der Waals surface area contributed by atoms with Crippen LogP contribution < -0.4 is 15.4 Å². The number of H-pyrrole nitrogens is 2. The van der Waals surface area contributed by atoms with Crippen molar-refractivity contribution in [2.24, 2.45) is 11.8 Å². The van der Waals surface area contributed by atoms with Crippen LogP contribution in [0.4, 0.5) is 9.59 Å². The number of carbonyl (C=O) groups is 4. The first-order chi connectivity index (χ1) is 31.5. The third kappa shape index (κ3) is 8.22. The Hall–Kier alpha value is -6.94. The van der Waals surface area contributed by atoms with E-state index < -0.39 is 24.3 Å². The van der Waals surface area contributed by atoms with Gasteiger partial charge in [0.05, 0.1) is 55.8 Å². The predicted molar refractivity (Wildman–Crippen MR) is 243 cm³/mol. The number of ether oxygens (including phenoxy) is 4. The number of methoxy groups -OCH3 is 3. The van der Waals surface area contributed by atoms with Crippen LogP contribution in [0.1, 0.15) is 80.9 Å². The summed E-state index contributed by atoms with van der Waals surface area (Å²) in [6, 6.07) is 21.3. The monoisotopic (exact) mass is 882 g/mol. The van der Waals surface area contributed by atoms with Crippen LogP contribution in [0.15, 0.2) is 79.0 Å². The second-order valence-corrected chi connectivity index (χ2v) is 17.6. The maximum atomic E-state index is 14.3. The summed E-state index contributed by atoms with van der Waals surface area (Å²) in [7, 11) is 4.22. The lowest BCUT2D eigenvalue weighted by Gasteiger charge is -2.32. The van der Waals surface area contributed by atoms with Gasteiger partial charge in [0.1, 0.15) is 36.1 Å². The molecule has 0 saturated carbocycles. The highest BCUT2D eigenvalue weighted by atomic mass is 16.5. The average molecular weight is 883 g/mol. The van der Waals surface area contributed by atoms with Gasteiger partial charge in [-0.25, -0.2) is 19.6 Å². The van der Waals surface area contributed by atoms with Gasteiger partial charge in [0.2, 0.25) is 5.91 Å². The molecule has 5 heterocycles. The fourth-order valence-electron chi connectivity index (χ4n) is 9.83. The molecule has 9 rings (SSSR count). The van der Waals surface area contributed by atoms with Gasteiger partial charge < -0.3 is 49.3 Å². The van der Waals surface area contributed by atoms with E-state index in [-0.39, 0.29) is 41.8 Å². The van der Waals surface area contributed by atoms with Crippen molar-refractivity contribution >= 4 is 45.8 Å². The number of alkyl carbamates (subject to hydrolysis) is 2. The topological polar surface area (TPSA) is 193 Å². The first-order valence-corrected chi connectivity index (χ1v) is 22.1. The van der Waals surface area contributed by atoms with E-state index >= 15 is 0 Å². The van der Waals surface area contributed by atoms with E-state index in [0.29, 0.717) is 43.4 Å². The van der Waals surface area contributed by atoms with Crippen LogP contribution in [0.2, 0.25) is 0 Å². The molecule has 4 amide bonds. The lowest BCUT2D eigenvalue weighted by atomic mass is 9.92. The Balaban J connectivity index is 0.974. The fraction of sp³-hybridized carbons (Fsp3) is 0.388. The molecule has 0 bridgehead atoms. The van der Waals surface area contributed by atoms with Crippen LogP contribution in [-0.2, 0) is 30.4 Å². The Kier molecular flexibility index (Phi) is 11.9. The number of hydrogen-bond donors (Lipinski definition) is 4. The maximum Gasteiger partial charge on any atom is 0.407 e. The number of aromatic nitrogens is 4. The Bertz CT molecular complexity index is 2770. The Morgan fingerprint density at radius 2 is 1.65 bits per heavy atom. The van der Waals surface area contributed by atoms with Crippen molar-refractivity contribution in [3.05, 3.63) is 102 Å². The van der Waals surface area contributed by atoms with Crippen molar-refractivity contribution in [2.45, 2.75) is 76.8 Å². The van der Waals surface area contributed by atoms with Crippen LogP contribution in [0, 0.1) is 11.8 Å². The minimum absolute atomic E-state index is 0.0342. The second-order valence-electron chi connectivity index (χ2n) is 17.6. The van der Waals surface area contributed by atoms with Crippen molar-refractivity contribution in [1.82, 2.24) is 40.4 Å². The normalized spacial score (nSPS) is 20.0. The second kappa shape index (κ2) is 17.9. The van der Waals surface area contributed by atoms with Crippen LogP contribution >= 0.6 is 0 Å². The molecule has 3 aliphatic heterocycles. The third-order valence-electron chi connectivity index (χ3n) is 13.1. The van der Waals surface area contributed by atoms with Gasteiger partial charge >= 0.3 is 12.2 Å². The van der Waals surface area contributed by atoms with Gasteiger partial charge in [-0.05, 0) is 84.0 Å². The number of carbonyl (C=O) groups excluding carboxylic acids is 4. The van der Waals surface area contributed by atoms with Crippen LogP contribution in [0.25, 0.3) is 44.2 Å². The zero-order chi connectivity index (χ0) is 45.5. The van der Waals surface area contributed by atoms with Crippen molar-refractivity contribution in [3.8, 4) is 28.1 Å². The zero-order valence-electron chi connectivity index (χ0n) is 37.3. The highest BCUT2D eigenvalue weighted by molar-refractivity contribution is 6.07. The SMILES string of the molecule is COCC1CC(c2ncc(-c3ccc4c(c3)COc3cc5c(ccc6nc([C@@H]7CC[C@H](C)N7C(=O)C(NC(=O)OC)C(C)C)[nH]c65)cc3-4)[nH]2)N(C(=O)[C@H](NC(=O)OC)c2ccccc2)C1. The molecule has 0 radical (unpaired) electrons. The third-order valence-corrected chi connectivity index (χ3v) is 13.1. The molecule has 0 spiro atoms. The number of imidazole rings is 2. The van der Waals surface area contributed by atoms with Gasteiger partial charge in [0.25, 0.3) is 5.91 Å². The van der Waals surface area contributed by atoms with Crippen LogP contribution in [-0.4, -0.2) is 100 Å². The van der Waals surface area contributed by atoms with Crippen molar-refractivity contribution < 1.29 is 38.1 Å². The molecular formula is C49H54N8O8. The summed E-state index contributed by atoms with van der Waals surface area (Å²) in [5, 5.41) is 7.45. The van der Waals surface area contributed by atoms with Crippen molar-refractivity contribution in [2.75, 3.05) is 34.5 Å². The van der Waals surface area contributed by atoms with Crippen molar-refractivity contribution in [1.29, 1.82) is 0 Å². The predicted octanol–water partition coefficient (Wildman–Crippen LogP) is 7.73. The molecule has 6 aromatic rings. The van der Waals surface area contributed by atoms with E-state index in [1.807, 2.05) is 62.1 Å². The van der Waals surface area contributed by atoms with Gasteiger partial charge in [0, 0.05) is 36.6 Å². The number of fused-ring (bicyclic) bond motifs is 6. The molecule has 2 fully saturated rings. The first kappa shape index (κ1) is 43.3. The van der Waals surface area contributed by atoms with E-state index in [9.17, 15) is 19.2 Å². The number of rotatable bonds is 11. The van der Waals surface area contributed by atoms with Gasteiger partial charge in [-0.1, -0.05) is 62.4 Å². The molecule has 65 heavy (non-hydrogen) atoms. The number of nitrogens with one attached hydrogen (secondary N) is 4. The van der Waals surface area contributed by atoms with E-state index in [0.717, 1.165) is 68.3 Å². The van der Waals surface area contributed by atoms with Gasteiger partial charge in [-0.15, -0.1) is 0 Å². The number of nitrogens with zero attached hydrogens (tertiary/aromatic N) is 4. The van der Waals surface area contributed by atoms with Crippen molar-refractivity contribution in [3.63, 3.8) is 0 Å². The van der Waals surface area contributed by atoms with E-state index in [1.165, 1.54) is 14.2 Å².